The Morgan fingerprint density at radius 3 is 2.89 bits per heavy atom. The van der Waals surface area contributed by atoms with Gasteiger partial charge in [0.15, 0.2) is 0 Å². The van der Waals surface area contributed by atoms with Crippen LogP contribution in [0.4, 0.5) is 0 Å². The van der Waals surface area contributed by atoms with Gasteiger partial charge in [-0.3, -0.25) is 4.79 Å². The van der Waals surface area contributed by atoms with Crippen LogP contribution in [-0.4, -0.2) is 22.5 Å². The predicted molar refractivity (Wildman–Crippen MR) is 71.3 cm³/mol. The fraction of sp³-hybridized carbons (Fsp3) is 0.154. The fourth-order valence-corrected chi connectivity index (χ4v) is 1.72. The van der Waals surface area contributed by atoms with Crippen molar-refractivity contribution in [2.24, 2.45) is 0 Å². The molecule has 0 spiro atoms. The van der Waals surface area contributed by atoms with Gasteiger partial charge in [0.2, 0.25) is 0 Å². The molecule has 0 aliphatic carbocycles. The summed E-state index contributed by atoms with van der Waals surface area (Å²) in [7, 11) is 0. The van der Waals surface area contributed by atoms with Crippen molar-refractivity contribution in [1.82, 2.24) is 9.97 Å². The minimum atomic E-state index is -0.686. The van der Waals surface area contributed by atoms with E-state index in [9.17, 15) is 9.59 Å². The summed E-state index contributed by atoms with van der Waals surface area (Å²) in [6.07, 6.45) is 1.20. The molecule has 98 valence electrons. The maximum absolute atomic E-state index is 11.8. The number of carbonyl (C=O) groups excluding carboxylic acids is 1. The number of rotatable bonds is 3. The molecule has 2 rings (SSSR count). The lowest BCUT2D eigenvalue weighted by molar-refractivity contribution is 0.0524. The first kappa shape index (κ1) is 13.3. The summed E-state index contributed by atoms with van der Waals surface area (Å²) in [4.78, 5) is 29.8. The van der Waals surface area contributed by atoms with Gasteiger partial charge in [0.05, 0.1) is 6.61 Å². The summed E-state index contributed by atoms with van der Waals surface area (Å²) in [6.45, 7) is 1.87. The third-order valence-corrected chi connectivity index (χ3v) is 2.63. The summed E-state index contributed by atoms with van der Waals surface area (Å²) in [6, 6.07) is 6.89. The summed E-state index contributed by atoms with van der Waals surface area (Å²) in [5, 5.41) is 0.537. The number of esters is 1. The van der Waals surface area contributed by atoms with Crippen LogP contribution < -0.4 is 5.56 Å². The van der Waals surface area contributed by atoms with Crippen molar-refractivity contribution >= 4 is 17.6 Å². The average molecular weight is 279 g/mol. The molecule has 0 bridgehead atoms. The van der Waals surface area contributed by atoms with Gasteiger partial charge in [0, 0.05) is 16.8 Å². The van der Waals surface area contributed by atoms with E-state index in [1.165, 1.54) is 6.20 Å². The summed E-state index contributed by atoms with van der Waals surface area (Å²) < 4.78 is 4.75. The van der Waals surface area contributed by atoms with Gasteiger partial charge in [-0.25, -0.2) is 9.78 Å². The second kappa shape index (κ2) is 5.67. The van der Waals surface area contributed by atoms with Gasteiger partial charge in [0.1, 0.15) is 11.4 Å². The molecule has 0 saturated carbocycles. The van der Waals surface area contributed by atoms with Crippen molar-refractivity contribution in [2.75, 3.05) is 6.61 Å². The third-order valence-electron chi connectivity index (χ3n) is 2.39. The van der Waals surface area contributed by atoms with Gasteiger partial charge in [0.25, 0.3) is 5.56 Å². The number of aromatic nitrogens is 2. The van der Waals surface area contributed by atoms with E-state index in [4.69, 9.17) is 16.3 Å². The Labute approximate surface area is 114 Å². The minimum absolute atomic E-state index is 0.118. The van der Waals surface area contributed by atoms with E-state index in [0.717, 1.165) is 0 Å². The molecule has 0 radical (unpaired) electrons. The van der Waals surface area contributed by atoms with E-state index in [1.807, 2.05) is 0 Å². The highest BCUT2D eigenvalue weighted by molar-refractivity contribution is 6.30. The van der Waals surface area contributed by atoms with E-state index in [-0.39, 0.29) is 12.2 Å². The van der Waals surface area contributed by atoms with Gasteiger partial charge >= 0.3 is 5.97 Å². The number of halogens is 1. The summed E-state index contributed by atoms with van der Waals surface area (Å²) >= 11 is 5.86. The highest BCUT2D eigenvalue weighted by Crippen LogP contribution is 2.18. The first-order valence-corrected chi connectivity index (χ1v) is 6.02. The number of nitrogens with zero attached hydrogens (tertiary/aromatic N) is 1. The van der Waals surface area contributed by atoms with Gasteiger partial charge < -0.3 is 9.72 Å². The van der Waals surface area contributed by atoms with Gasteiger partial charge in [-0.2, -0.15) is 0 Å². The monoisotopic (exact) mass is 278 g/mol. The molecule has 0 atom stereocenters. The molecule has 0 aliphatic heterocycles. The zero-order valence-corrected chi connectivity index (χ0v) is 10.9. The van der Waals surface area contributed by atoms with Crippen LogP contribution in [0.2, 0.25) is 5.02 Å². The second-order valence-corrected chi connectivity index (χ2v) is 4.14. The van der Waals surface area contributed by atoms with Crippen molar-refractivity contribution in [3.8, 4) is 11.4 Å². The van der Waals surface area contributed by atoms with Crippen molar-refractivity contribution < 1.29 is 9.53 Å². The normalized spacial score (nSPS) is 10.2. The average Bonchev–Trinajstić information content (AvgIpc) is 2.38. The Morgan fingerprint density at radius 1 is 1.47 bits per heavy atom. The lowest BCUT2D eigenvalue weighted by Crippen LogP contribution is -2.20. The molecule has 0 fully saturated rings. The lowest BCUT2D eigenvalue weighted by atomic mass is 10.2. The van der Waals surface area contributed by atoms with Crippen LogP contribution in [0.3, 0.4) is 0 Å². The van der Waals surface area contributed by atoms with Crippen molar-refractivity contribution in [2.45, 2.75) is 6.92 Å². The molecule has 19 heavy (non-hydrogen) atoms. The molecule has 1 N–H and O–H groups in total. The van der Waals surface area contributed by atoms with E-state index in [2.05, 4.69) is 9.97 Å². The Hall–Kier alpha value is -2.14. The largest absolute Gasteiger partial charge is 0.462 e. The molecule has 6 heteroatoms. The standard InChI is InChI=1S/C13H11ClN2O3/c1-2-19-13(18)10-7-15-11(16-12(10)17)8-4-3-5-9(14)6-8/h3-7H,2H2,1H3,(H,15,16,17). The number of aromatic amines is 1. The molecule has 0 aliphatic rings. The first-order valence-electron chi connectivity index (χ1n) is 5.64. The summed E-state index contributed by atoms with van der Waals surface area (Å²) in [5.74, 6) is -0.338. The minimum Gasteiger partial charge on any atom is -0.462 e. The van der Waals surface area contributed by atoms with Crippen LogP contribution >= 0.6 is 11.6 Å². The van der Waals surface area contributed by atoms with Crippen LogP contribution in [0.25, 0.3) is 11.4 Å². The smallest absolute Gasteiger partial charge is 0.345 e. The van der Waals surface area contributed by atoms with E-state index >= 15 is 0 Å². The van der Waals surface area contributed by atoms with Gasteiger partial charge in [-0.15, -0.1) is 0 Å². The quantitative estimate of drug-likeness (QED) is 0.874. The Morgan fingerprint density at radius 2 is 2.26 bits per heavy atom. The molecular formula is C13H11ClN2O3. The highest BCUT2D eigenvalue weighted by atomic mass is 35.5. The molecule has 2 aromatic rings. The van der Waals surface area contributed by atoms with Crippen molar-refractivity contribution in [3.63, 3.8) is 0 Å². The van der Waals surface area contributed by atoms with Crippen molar-refractivity contribution in [3.05, 3.63) is 51.4 Å². The molecular weight excluding hydrogens is 268 g/mol. The molecule has 0 unspecified atom stereocenters. The zero-order valence-electron chi connectivity index (χ0n) is 10.1. The van der Waals surface area contributed by atoms with Gasteiger partial charge in [-0.1, -0.05) is 23.7 Å². The number of benzene rings is 1. The Bertz CT molecular complexity index is 667. The third kappa shape index (κ3) is 3.00. The van der Waals surface area contributed by atoms with E-state index in [1.54, 1.807) is 31.2 Å². The number of nitrogens with one attached hydrogen (secondary N) is 1. The second-order valence-electron chi connectivity index (χ2n) is 3.71. The van der Waals surface area contributed by atoms with Crippen molar-refractivity contribution in [1.29, 1.82) is 0 Å². The molecule has 5 nitrogen and oxygen atoms in total. The zero-order chi connectivity index (χ0) is 13.8. The Kier molecular flexibility index (Phi) is 3.97. The molecule has 1 aromatic heterocycles. The predicted octanol–water partition coefficient (Wildman–Crippen LogP) is 2.27. The SMILES string of the molecule is CCOC(=O)c1cnc(-c2cccc(Cl)c2)[nH]c1=O. The van der Waals surface area contributed by atoms with Crippen LogP contribution in [0, 0.1) is 0 Å². The maximum Gasteiger partial charge on any atom is 0.345 e. The fourth-order valence-electron chi connectivity index (χ4n) is 1.53. The van der Waals surface area contributed by atoms with E-state index in [0.29, 0.717) is 16.4 Å². The lowest BCUT2D eigenvalue weighted by Gasteiger charge is -2.03. The molecule has 0 saturated heterocycles. The van der Waals surface area contributed by atoms with Crippen LogP contribution in [-0.2, 0) is 4.74 Å². The summed E-state index contributed by atoms with van der Waals surface area (Å²) in [5.41, 5.74) is 0.0102. The number of H-pyrrole nitrogens is 1. The number of hydrogen-bond donors (Lipinski definition) is 1. The van der Waals surface area contributed by atoms with Gasteiger partial charge in [-0.05, 0) is 19.1 Å². The van der Waals surface area contributed by atoms with Crippen LogP contribution in [0.15, 0.2) is 35.3 Å². The molecule has 1 aromatic carbocycles. The van der Waals surface area contributed by atoms with E-state index < -0.39 is 11.5 Å². The maximum atomic E-state index is 11.8. The van der Waals surface area contributed by atoms with Crippen LogP contribution in [0.5, 0.6) is 0 Å². The Balaban J connectivity index is 2.39. The highest BCUT2D eigenvalue weighted by Gasteiger charge is 2.13. The topological polar surface area (TPSA) is 72.0 Å². The first-order chi connectivity index (χ1) is 9.11. The number of ether oxygens (including phenoxy) is 1. The number of carbonyl (C=O) groups is 1. The molecule has 0 amide bonds. The number of hydrogen-bond acceptors (Lipinski definition) is 4. The molecule has 1 heterocycles. The van der Waals surface area contributed by atoms with Crippen LogP contribution in [0.1, 0.15) is 17.3 Å².